The summed E-state index contributed by atoms with van der Waals surface area (Å²) < 4.78 is 12.5. The minimum Gasteiger partial charge on any atom is -0.487 e. The number of ether oxygens (including phenoxy) is 2. The van der Waals surface area contributed by atoms with Gasteiger partial charge in [0.15, 0.2) is 0 Å². The van der Waals surface area contributed by atoms with Crippen LogP contribution in [0.25, 0.3) is 0 Å². The number of aliphatic carboxylic acids is 1. The lowest BCUT2D eigenvalue weighted by atomic mass is 9.83. The summed E-state index contributed by atoms with van der Waals surface area (Å²) in [7, 11) is 0. The van der Waals surface area contributed by atoms with Crippen LogP contribution >= 0.6 is 0 Å². The van der Waals surface area contributed by atoms with Crippen molar-refractivity contribution in [2.24, 2.45) is 23.7 Å². The van der Waals surface area contributed by atoms with Crippen molar-refractivity contribution in [2.75, 3.05) is 0 Å². The molecule has 228 valence electrons. The molecule has 1 aromatic rings. The number of carboxylic acids is 1. The van der Waals surface area contributed by atoms with Crippen LogP contribution in [0.15, 0.2) is 0 Å². The first kappa shape index (κ1) is 34.2. The Bertz CT molecular complexity index is 981. The molecule has 1 heterocycles. The molecule has 0 amide bonds. The first-order valence-corrected chi connectivity index (χ1v) is 16.0. The van der Waals surface area contributed by atoms with Crippen LogP contribution in [0.4, 0.5) is 0 Å². The Morgan fingerprint density at radius 3 is 1.98 bits per heavy atom. The van der Waals surface area contributed by atoms with E-state index in [1.165, 1.54) is 51.4 Å². The zero-order chi connectivity index (χ0) is 30.0. The van der Waals surface area contributed by atoms with Crippen molar-refractivity contribution >= 4 is 11.9 Å². The van der Waals surface area contributed by atoms with E-state index in [2.05, 4.69) is 41.5 Å². The molecule has 0 aliphatic carbocycles. The van der Waals surface area contributed by atoms with Gasteiger partial charge in [0.2, 0.25) is 0 Å². The third-order valence-corrected chi connectivity index (χ3v) is 9.09. The number of carboxylic acid groups (broad SMARTS) is 1. The van der Waals surface area contributed by atoms with E-state index in [4.69, 9.17) is 14.6 Å². The minimum atomic E-state index is -0.899. The van der Waals surface area contributed by atoms with Crippen molar-refractivity contribution in [1.29, 1.82) is 0 Å². The van der Waals surface area contributed by atoms with Crippen LogP contribution in [0.2, 0.25) is 0 Å². The number of carbonyl (C=O) groups is 2. The average molecular weight is 559 g/mol. The van der Waals surface area contributed by atoms with Gasteiger partial charge in [-0.1, -0.05) is 79.6 Å². The van der Waals surface area contributed by atoms with Crippen LogP contribution in [0.3, 0.4) is 0 Å². The molecular weight excluding hydrogens is 500 g/mol. The predicted octanol–water partition coefficient (Wildman–Crippen LogP) is 9.54. The fourth-order valence-corrected chi connectivity index (χ4v) is 6.22. The second-order valence-electron chi connectivity index (χ2n) is 13.8. The lowest BCUT2D eigenvalue weighted by Gasteiger charge is -2.38. The fourth-order valence-electron chi connectivity index (χ4n) is 6.22. The summed E-state index contributed by atoms with van der Waals surface area (Å²) in [6.07, 6.45) is 13.5. The molecule has 0 aromatic heterocycles. The molecule has 1 unspecified atom stereocenters. The lowest BCUT2D eigenvalue weighted by Crippen LogP contribution is -2.37. The normalized spacial score (nSPS) is 19.1. The molecule has 5 nitrogen and oxygen atoms in total. The number of rotatable bonds is 17. The van der Waals surface area contributed by atoms with Crippen molar-refractivity contribution in [3.63, 3.8) is 0 Å². The third kappa shape index (κ3) is 10.7. The van der Waals surface area contributed by atoms with Gasteiger partial charge in [-0.05, 0) is 93.7 Å². The van der Waals surface area contributed by atoms with Crippen molar-refractivity contribution in [3.8, 4) is 11.5 Å². The molecule has 5 heteroatoms. The first-order valence-electron chi connectivity index (χ1n) is 16.0. The Labute approximate surface area is 244 Å². The number of hydrogen-bond donors (Lipinski definition) is 1. The average Bonchev–Trinajstić information content (AvgIpc) is 2.84. The molecule has 1 aromatic carbocycles. The zero-order valence-corrected chi connectivity index (χ0v) is 27.1. The standard InChI is InChI=1S/C35H58O5/c1-23(2)13-10-14-24(3)15-11-16-25(4)17-12-19-35(9)20-18-30-29(8)33(27(6)28(7)34(30)40-35)39-32(38)22-26(5)21-31(36)37/h23-26H,10-22H2,1-9H3,(H,36,37)/t24-,25-,26?,35-/m1/s1. The van der Waals surface area contributed by atoms with E-state index in [1.54, 1.807) is 6.92 Å². The number of carbonyl (C=O) groups excluding carboxylic acids is 1. The molecule has 0 fully saturated rings. The second-order valence-corrected chi connectivity index (χ2v) is 13.8. The van der Waals surface area contributed by atoms with Crippen LogP contribution in [0.1, 0.15) is 141 Å². The number of benzene rings is 1. The molecule has 0 bridgehead atoms. The Morgan fingerprint density at radius 1 is 0.825 bits per heavy atom. The number of hydrogen-bond acceptors (Lipinski definition) is 4. The van der Waals surface area contributed by atoms with E-state index in [9.17, 15) is 9.59 Å². The number of esters is 1. The quantitative estimate of drug-likeness (QED) is 0.152. The molecule has 1 aliphatic heterocycles. The maximum absolute atomic E-state index is 12.6. The first-order chi connectivity index (χ1) is 18.7. The van der Waals surface area contributed by atoms with Gasteiger partial charge in [0.25, 0.3) is 0 Å². The van der Waals surface area contributed by atoms with Crippen LogP contribution in [-0.2, 0) is 16.0 Å². The van der Waals surface area contributed by atoms with E-state index >= 15 is 0 Å². The van der Waals surface area contributed by atoms with E-state index in [-0.39, 0.29) is 30.3 Å². The topological polar surface area (TPSA) is 72.8 Å². The summed E-state index contributed by atoms with van der Waals surface area (Å²) in [5, 5.41) is 8.99. The highest BCUT2D eigenvalue weighted by atomic mass is 16.5. The van der Waals surface area contributed by atoms with Gasteiger partial charge in [-0.2, -0.15) is 0 Å². The van der Waals surface area contributed by atoms with Crippen LogP contribution in [0, 0.1) is 44.4 Å². The highest BCUT2D eigenvalue weighted by Gasteiger charge is 2.35. The Morgan fingerprint density at radius 2 is 1.40 bits per heavy atom. The van der Waals surface area contributed by atoms with Crippen LogP contribution < -0.4 is 9.47 Å². The lowest BCUT2D eigenvalue weighted by molar-refractivity contribution is -0.139. The van der Waals surface area contributed by atoms with Gasteiger partial charge >= 0.3 is 11.9 Å². The highest BCUT2D eigenvalue weighted by molar-refractivity contribution is 5.76. The number of fused-ring (bicyclic) bond motifs is 1. The molecule has 0 radical (unpaired) electrons. The molecule has 0 spiro atoms. The van der Waals surface area contributed by atoms with Gasteiger partial charge in [0, 0.05) is 18.4 Å². The summed E-state index contributed by atoms with van der Waals surface area (Å²) in [5.74, 6) is 2.45. The summed E-state index contributed by atoms with van der Waals surface area (Å²) in [5.41, 5.74) is 3.88. The van der Waals surface area contributed by atoms with Gasteiger partial charge in [-0.15, -0.1) is 0 Å². The summed E-state index contributed by atoms with van der Waals surface area (Å²) in [6, 6.07) is 0. The van der Waals surface area contributed by atoms with Crippen molar-refractivity contribution in [2.45, 2.75) is 151 Å². The van der Waals surface area contributed by atoms with Gasteiger partial charge < -0.3 is 14.6 Å². The molecule has 1 aliphatic rings. The van der Waals surface area contributed by atoms with Crippen molar-refractivity contribution in [1.82, 2.24) is 0 Å². The summed E-state index contributed by atoms with van der Waals surface area (Å²) in [4.78, 5) is 23.5. The molecular formula is C35H58O5. The van der Waals surface area contributed by atoms with E-state index in [0.29, 0.717) is 5.75 Å². The highest BCUT2D eigenvalue weighted by Crippen LogP contribution is 2.45. The van der Waals surface area contributed by atoms with Gasteiger partial charge in [-0.3, -0.25) is 9.59 Å². The SMILES string of the molecule is Cc1c(C)c2c(c(C)c1OC(=O)CC(C)CC(=O)O)CC[C@@](C)(CCC[C@H](C)CCC[C@H](C)CCCC(C)C)O2. The Hall–Kier alpha value is -2.04. The van der Waals surface area contributed by atoms with Crippen molar-refractivity contribution < 1.29 is 24.2 Å². The maximum Gasteiger partial charge on any atom is 0.311 e. The molecule has 1 N–H and O–H groups in total. The van der Waals surface area contributed by atoms with Crippen LogP contribution in [0.5, 0.6) is 11.5 Å². The van der Waals surface area contributed by atoms with Crippen molar-refractivity contribution in [3.05, 3.63) is 22.3 Å². The largest absolute Gasteiger partial charge is 0.487 e. The van der Waals surface area contributed by atoms with E-state index in [1.807, 2.05) is 13.8 Å². The monoisotopic (exact) mass is 558 g/mol. The molecule has 4 atom stereocenters. The second kappa shape index (κ2) is 15.8. The fraction of sp³-hybridized carbons (Fsp3) is 0.771. The Kier molecular flexibility index (Phi) is 13.5. The van der Waals surface area contributed by atoms with Gasteiger partial charge in [0.1, 0.15) is 17.1 Å². The molecule has 0 saturated heterocycles. The van der Waals surface area contributed by atoms with E-state index in [0.717, 1.165) is 65.0 Å². The van der Waals surface area contributed by atoms with Gasteiger partial charge in [-0.25, -0.2) is 0 Å². The third-order valence-electron chi connectivity index (χ3n) is 9.09. The molecule has 0 saturated carbocycles. The maximum atomic E-state index is 12.6. The zero-order valence-electron chi connectivity index (χ0n) is 27.1. The van der Waals surface area contributed by atoms with E-state index < -0.39 is 5.97 Å². The predicted molar refractivity (Wildman–Crippen MR) is 164 cm³/mol. The summed E-state index contributed by atoms with van der Waals surface area (Å²) >= 11 is 0. The van der Waals surface area contributed by atoms with Crippen LogP contribution in [-0.4, -0.2) is 22.6 Å². The van der Waals surface area contributed by atoms with Gasteiger partial charge in [0.05, 0.1) is 0 Å². The Balaban J connectivity index is 1.89. The summed E-state index contributed by atoms with van der Waals surface area (Å²) in [6.45, 7) is 19.5. The minimum absolute atomic E-state index is 0.0424. The molecule has 2 rings (SSSR count). The molecule has 40 heavy (non-hydrogen) atoms. The smallest absolute Gasteiger partial charge is 0.311 e.